The lowest BCUT2D eigenvalue weighted by atomic mass is 10.1. The van der Waals surface area contributed by atoms with Crippen LogP contribution in [0.25, 0.3) is 6.08 Å². The lowest BCUT2D eigenvalue weighted by Gasteiger charge is -2.10. The maximum Gasteiger partial charge on any atom is 0.266 e. The standard InChI is InChI=1S/C31H24BrClN2O3/c1-21-3-2-4-24(15-21)20-38-30-14-7-23(17-29(30)33)16-25(18-34)31(36)35-27-10-12-28(13-11-27)37-19-22-5-8-26(32)9-6-22/h2-17H,19-20H2,1H3,(H,35,36)/b25-16+. The summed E-state index contributed by atoms with van der Waals surface area (Å²) in [5, 5.41) is 12.7. The molecule has 1 amide bonds. The first-order chi connectivity index (χ1) is 18.4. The van der Waals surface area contributed by atoms with E-state index in [-0.39, 0.29) is 5.57 Å². The predicted octanol–water partition coefficient (Wildman–Crippen LogP) is 8.11. The highest BCUT2D eigenvalue weighted by atomic mass is 79.9. The number of halogens is 2. The molecule has 0 aliphatic rings. The number of anilines is 1. The van der Waals surface area contributed by atoms with E-state index in [1.165, 1.54) is 6.08 Å². The predicted molar refractivity (Wildman–Crippen MR) is 154 cm³/mol. The molecule has 0 aromatic heterocycles. The zero-order valence-electron chi connectivity index (χ0n) is 20.6. The average molecular weight is 588 g/mol. The highest BCUT2D eigenvalue weighted by molar-refractivity contribution is 9.10. The van der Waals surface area contributed by atoms with Crippen LogP contribution in [0.5, 0.6) is 11.5 Å². The minimum atomic E-state index is -0.521. The molecule has 0 heterocycles. The second kappa shape index (κ2) is 13.0. The normalized spacial score (nSPS) is 10.9. The van der Waals surface area contributed by atoms with Gasteiger partial charge in [-0.2, -0.15) is 5.26 Å². The van der Waals surface area contributed by atoms with E-state index in [0.717, 1.165) is 21.2 Å². The Kier molecular flexibility index (Phi) is 9.21. The van der Waals surface area contributed by atoms with Crippen molar-refractivity contribution in [2.75, 3.05) is 5.32 Å². The minimum Gasteiger partial charge on any atom is -0.489 e. The van der Waals surface area contributed by atoms with Gasteiger partial charge in [0.15, 0.2) is 0 Å². The van der Waals surface area contributed by atoms with Gasteiger partial charge in [-0.05, 0) is 78.2 Å². The van der Waals surface area contributed by atoms with E-state index in [2.05, 4.69) is 21.2 Å². The van der Waals surface area contributed by atoms with Gasteiger partial charge in [-0.1, -0.05) is 75.6 Å². The number of hydrogen-bond acceptors (Lipinski definition) is 4. The van der Waals surface area contributed by atoms with Crippen LogP contribution in [0.1, 0.15) is 22.3 Å². The SMILES string of the molecule is Cc1cccc(COc2ccc(/C=C(\C#N)C(=O)Nc3ccc(OCc4ccc(Br)cc4)cc3)cc2Cl)c1. The van der Waals surface area contributed by atoms with Gasteiger partial charge in [0.2, 0.25) is 0 Å². The lowest BCUT2D eigenvalue weighted by Crippen LogP contribution is -2.13. The summed E-state index contributed by atoms with van der Waals surface area (Å²) in [6.45, 7) is 2.84. The summed E-state index contributed by atoms with van der Waals surface area (Å²) >= 11 is 9.81. The molecule has 1 N–H and O–H groups in total. The first-order valence-corrected chi connectivity index (χ1v) is 12.9. The summed E-state index contributed by atoms with van der Waals surface area (Å²) in [6, 6.07) is 30.0. The molecule has 7 heteroatoms. The number of amides is 1. The van der Waals surface area contributed by atoms with Crippen molar-refractivity contribution < 1.29 is 14.3 Å². The zero-order chi connectivity index (χ0) is 26.9. The van der Waals surface area contributed by atoms with Crippen molar-refractivity contribution in [2.24, 2.45) is 0 Å². The number of nitriles is 1. The fourth-order valence-corrected chi connectivity index (χ4v) is 4.09. The second-order valence-electron chi connectivity index (χ2n) is 8.53. The number of rotatable bonds is 9. The zero-order valence-corrected chi connectivity index (χ0v) is 22.9. The van der Waals surface area contributed by atoms with E-state index in [4.69, 9.17) is 21.1 Å². The second-order valence-corrected chi connectivity index (χ2v) is 9.85. The number of benzene rings is 4. The summed E-state index contributed by atoms with van der Waals surface area (Å²) in [6.07, 6.45) is 1.49. The van der Waals surface area contributed by atoms with E-state index in [1.807, 2.05) is 61.5 Å². The quantitative estimate of drug-likeness (QED) is 0.159. The molecule has 0 unspecified atom stereocenters. The monoisotopic (exact) mass is 586 g/mol. The van der Waals surface area contributed by atoms with Crippen LogP contribution < -0.4 is 14.8 Å². The number of hydrogen-bond donors (Lipinski definition) is 1. The van der Waals surface area contributed by atoms with E-state index in [0.29, 0.717) is 41.0 Å². The van der Waals surface area contributed by atoms with Crippen LogP contribution in [-0.2, 0) is 18.0 Å². The number of nitrogens with one attached hydrogen (secondary N) is 1. The molecule has 4 aromatic carbocycles. The fraction of sp³-hybridized carbons (Fsp3) is 0.0968. The molecule has 4 aromatic rings. The van der Waals surface area contributed by atoms with E-state index >= 15 is 0 Å². The van der Waals surface area contributed by atoms with Gasteiger partial charge in [0, 0.05) is 10.2 Å². The summed E-state index contributed by atoms with van der Waals surface area (Å²) in [7, 11) is 0. The molecule has 0 aliphatic carbocycles. The first-order valence-electron chi connectivity index (χ1n) is 11.8. The van der Waals surface area contributed by atoms with Crippen LogP contribution in [0.3, 0.4) is 0 Å². The van der Waals surface area contributed by atoms with E-state index in [1.54, 1.807) is 42.5 Å². The Labute approximate surface area is 235 Å². The van der Waals surface area contributed by atoms with Gasteiger partial charge in [-0.15, -0.1) is 0 Å². The Bertz CT molecular complexity index is 1490. The number of nitrogens with zero attached hydrogens (tertiary/aromatic N) is 1. The van der Waals surface area contributed by atoms with Gasteiger partial charge in [-0.3, -0.25) is 4.79 Å². The molecule has 0 aliphatic heterocycles. The topological polar surface area (TPSA) is 71.3 Å². The molecule has 190 valence electrons. The van der Waals surface area contributed by atoms with Crippen molar-refractivity contribution >= 4 is 45.2 Å². The first kappa shape index (κ1) is 27.0. The molecular formula is C31H24BrClN2O3. The number of ether oxygens (including phenoxy) is 2. The molecule has 0 saturated carbocycles. The van der Waals surface area contributed by atoms with Crippen molar-refractivity contribution in [3.05, 3.63) is 128 Å². The summed E-state index contributed by atoms with van der Waals surface area (Å²) < 4.78 is 12.6. The van der Waals surface area contributed by atoms with Crippen LogP contribution in [0.15, 0.2) is 101 Å². The third-order valence-electron chi connectivity index (χ3n) is 5.54. The van der Waals surface area contributed by atoms with Crippen molar-refractivity contribution in [2.45, 2.75) is 20.1 Å². The molecule has 0 fully saturated rings. The Morgan fingerprint density at radius 2 is 1.68 bits per heavy atom. The highest BCUT2D eigenvalue weighted by Crippen LogP contribution is 2.27. The lowest BCUT2D eigenvalue weighted by molar-refractivity contribution is -0.112. The molecule has 5 nitrogen and oxygen atoms in total. The molecular weight excluding hydrogens is 564 g/mol. The van der Waals surface area contributed by atoms with E-state index < -0.39 is 5.91 Å². The minimum absolute atomic E-state index is 0.0509. The van der Waals surface area contributed by atoms with Gasteiger partial charge in [-0.25, -0.2) is 0 Å². The van der Waals surface area contributed by atoms with Crippen LogP contribution in [0.4, 0.5) is 5.69 Å². The molecule has 4 rings (SSSR count). The smallest absolute Gasteiger partial charge is 0.266 e. The summed E-state index contributed by atoms with van der Waals surface area (Å²) in [5.41, 5.74) is 4.34. The van der Waals surface area contributed by atoms with Crippen LogP contribution >= 0.6 is 27.5 Å². The van der Waals surface area contributed by atoms with Gasteiger partial charge in [0.25, 0.3) is 5.91 Å². The third-order valence-corrected chi connectivity index (χ3v) is 6.36. The van der Waals surface area contributed by atoms with Gasteiger partial charge >= 0.3 is 0 Å². The van der Waals surface area contributed by atoms with E-state index in [9.17, 15) is 10.1 Å². The largest absolute Gasteiger partial charge is 0.489 e. The number of carbonyl (C=O) groups excluding carboxylic acids is 1. The Balaban J connectivity index is 1.35. The fourth-order valence-electron chi connectivity index (χ4n) is 3.58. The van der Waals surface area contributed by atoms with Gasteiger partial charge in [0.1, 0.15) is 36.4 Å². The van der Waals surface area contributed by atoms with Gasteiger partial charge < -0.3 is 14.8 Å². The number of carbonyl (C=O) groups is 1. The maximum absolute atomic E-state index is 12.7. The third kappa shape index (κ3) is 7.72. The Morgan fingerprint density at radius 1 is 0.947 bits per heavy atom. The van der Waals surface area contributed by atoms with Crippen LogP contribution in [0, 0.1) is 18.3 Å². The molecule has 0 radical (unpaired) electrons. The molecule has 0 saturated heterocycles. The molecule has 0 bridgehead atoms. The maximum atomic E-state index is 12.7. The van der Waals surface area contributed by atoms with Crippen molar-refractivity contribution in [1.82, 2.24) is 0 Å². The van der Waals surface area contributed by atoms with Crippen molar-refractivity contribution in [1.29, 1.82) is 5.26 Å². The van der Waals surface area contributed by atoms with Crippen LogP contribution in [0.2, 0.25) is 5.02 Å². The summed E-state index contributed by atoms with van der Waals surface area (Å²) in [4.78, 5) is 12.7. The highest BCUT2D eigenvalue weighted by Gasteiger charge is 2.11. The molecule has 0 spiro atoms. The Morgan fingerprint density at radius 3 is 2.37 bits per heavy atom. The molecule has 0 atom stereocenters. The van der Waals surface area contributed by atoms with Crippen molar-refractivity contribution in [3.8, 4) is 17.6 Å². The average Bonchev–Trinajstić information content (AvgIpc) is 2.91. The summed E-state index contributed by atoms with van der Waals surface area (Å²) in [5.74, 6) is 0.670. The van der Waals surface area contributed by atoms with Crippen LogP contribution in [-0.4, -0.2) is 5.91 Å². The van der Waals surface area contributed by atoms with Gasteiger partial charge in [0.05, 0.1) is 5.02 Å². The Hall–Kier alpha value is -4.05. The number of aryl methyl sites for hydroxylation is 1. The van der Waals surface area contributed by atoms with Crippen molar-refractivity contribution in [3.63, 3.8) is 0 Å². The molecule has 38 heavy (non-hydrogen) atoms.